The Morgan fingerprint density at radius 2 is 1.89 bits per heavy atom. The van der Waals surface area contributed by atoms with Crippen molar-refractivity contribution in [2.75, 3.05) is 33.1 Å². The zero-order valence-corrected chi connectivity index (χ0v) is 16.3. The fourth-order valence-electron chi connectivity index (χ4n) is 2.69. The summed E-state index contributed by atoms with van der Waals surface area (Å²) >= 11 is 5.58. The Morgan fingerprint density at radius 1 is 1.18 bits per heavy atom. The van der Waals surface area contributed by atoms with Gasteiger partial charge in [-0.3, -0.25) is 9.69 Å². The largest absolute Gasteiger partial charge is 0.493 e. The van der Waals surface area contributed by atoms with Crippen LogP contribution in [0.1, 0.15) is 11.1 Å². The van der Waals surface area contributed by atoms with Crippen molar-refractivity contribution in [1.29, 1.82) is 0 Å². The molecule has 5 nitrogen and oxygen atoms in total. The average molecular weight is 417 g/mol. The number of hydrogen-bond donors (Lipinski definition) is 1. The molecule has 0 aliphatic heterocycles. The quantitative estimate of drug-likeness (QED) is 0.724. The number of rotatable bonds is 7. The van der Waals surface area contributed by atoms with Crippen molar-refractivity contribution in [2.45, 2.75) is 12.7 Å². The lowest BCUT2D eigenvalue weighted by Gasteiger charge is -2.19. The van der Waals surface area contributed by atoms with Crippen LogP contribution in [0.5, 0.6) is 11.5 Å². The molecule has 0 aromatic heterocycles. The van der Waals surface area contributed by atoms with Gasteiger partial charge in [-0.25, -0.2) is 0 Å². The van der Waals surface area contributed by atoms with Gasteiger partial charge in [-0.1, -0.05) is 23.7 Å². The molecule has 0 radical (unpaired) electrons. The van der Waals surface area contributed by atoms with Crippen molar-refractivity contribution in [3.63, 3.8) is 0 Å². The summed E-state index contributed by atoms with van der Waals surface area (Å²) in [6, 6.07) is 8.63. The molecule has 0 bridgehead atoms. The number of carbonyl (C=O) groups excluding carboxylic acids is 1. The summed E-state index contributed by atoms with van der Waals surface area (Å²) in [5.74, 6) is 0.670. The molecule has 0 unspecified atom stereocenters. The van der Waals surface area contributed by atoms with E-state index in [1.165, 1.54) is 20.3 Å². The van der Waals surface area contributed by atoms with Gasteiger partial charge in [0.05, 0.1) is 31.4 Å². The second-order valence-corrected chi connectivity index (χ2v) is 6.47. The Kier molecular flexibility index (Phi) is 7.15. The van der Waals surface area contributed by atoms with E-state index < -0.39 is 22.7 Å². The van der Waals surface area contributed by atoms with Gasteiger partial charge in [0.1, 0.15) is 0 Å². The van der Waals surface area contributed by atoms with E-state index in [4.69, 9.17) is 21.1 Å². The van der Waals surface area contributed by atoms with Crippen molar-refractivity contribution < 1.29 is 27.4 Å². The molecule has 28 heavy (non-hydrogen) atoms. The zero-order valence-electron chi connectivity index (χ0n) is 15.6. The first-order chi connectivity index (χ1) is 13.2. The fraction of sp³-hybridized carbons (Fsp3) is 0.316. The number of nitrogens with zero attached hydrogens (tertiary/aromatic N) is 1. The van der Waals surface area contributed by atoms with E-state index in [9.17, 15) is 18.0 Å². The van der Waals surface area contributed by atoms with Gasteiger partial charge in [-0.2, -0.15) is 13.2 Å². The minimum absolute atomic E-state index is 0.0223. The van der Waals surface area contributed by atoms with Crippen LogP contribution in [0.25, 0.3) is 0 Å². The molecule has 0 atom stereocenters. The number of carbonyl (C=O) groups is 1. The number of anilines is 1. The number of para-hydroxylation sites is 1. The molecular weight excluding hydrogens is 397 g/mol. The van der Waals surface area contributed by atoms with Crippen LogP contribution >= 0.6 is 11.6 Å². The van der Waals surface area contributed by atoms with Crippen LogP contribution in [0.3, 0.4) is 0 Å². The third-order valence-corrected chi connectivity index (χ3v) is 4.22. The molecule has 2 rings (SSSR count). The van der Waals surface area contributed by atoms with Crippen LogP contribution in [0.15, 0.2) is 36.4 Å². The van der Waals surface area contributed by atoms with Gasteiger partial charge in [-0.15, -0.1) is 0 Å². The first-order valence-corrected chi connectivity index (χ1v) is 8.58. The maximum atomic E-state index is 12.9. The summed E-state index contributed by atoms with van der Waals surface area (Å²) in [5.41, 5.74) is -0.168. The van der Waals surface area contributed by atoms with E-state index in [2.05, 4.69) is 5.32 Å². The summed E-state index contributed by atoms with van der Waals surface area (Å²) in [7, 11) is 4.76. The van der Waals surface area contributed by atoms with Gasteiger partial charge >= 0.3 is 6.18 Å². The van der Waals surface area contributed by atoms with Gasteiger partial charge in [0.2, 0.25) is 5.91 Å². The lowest BCUT2D eigenvalue weighted by molar-refractivity contribution is -0.137. The van der Waals surface area contributed by atoms with Crippen molar-refractivity contribution in [3.05, 3.63) is 52.5 Å². The maximum Gasteiger partial charge on any atom is 0.417 e. The number of methoxy groups -OCH3 is 2. The fourth-order valence-corrected chi connectivity index (χ4v) is 2.92. The minimum Gasteiger partial charge on any atom is -0.493 e. The summed E-state index contributed by atoms with van der Waals surface area (Å²) in [6.07, 6.45) is -4.60. The molecule has 0 fully saturated rings. The van der Waals surface area contributed by atoms with Gasteiger partial charge < -0.3 is 14.8 Å². The Balaban J connectivity index is 2.04. The van der Waals surface area contributed by atoms with E-state index in [-0.39, 0.29) is 12.2 Å². The van der Waals surface area contributed by atoms with Crippen molar-refractivity contribution >= 4 is 23.2 Å². The summed E-state index contributed by atoms with van der Waals surface area (Å²) in [5, 5.41) is 2.03. The van der Waals surface area contributed by atoms with E-state index in [1.54, 1.807) is 24.1 Å². The molecule has 1 amide bonds. The highest BCUT2D eigenvalue weighted by molar-refractivity contribution is 6.31. The topological polar surface area (TPSA) is 50.8 Å². The first kappa shape index (κ1) is 21.8. The molecule has 0 saturated heterocycles. The van der Waals surface area contributed by atoms with Gasteiger partial charge in [0.15, 0.2) is 11.5 Å². The number of halogens is 4. The normalized spacial score (nSPS) is 11.4. The molecule has 0 heterocycles. The second-order valence-electron chi connectivity index (χ2n) is 6.07. The summed E-state index contributed by atoms with van der Waals surface area (Å²) in [4.78, 5) is 13.9. The number of hydrogen-bond acceptors (Lipinski definition) is 4. The predicted molar refractivity (Wildman–Crippen MR) is 101 cm³/mol. The molecule has 1 N–H and O–H groups in total. The molecule has 0 aliphatic rings. The van der Waals surface area contributed by atoms with Crippen LogP contribution in [0, 0.1) is 0 Å². The number of nitrogens with one attached hydrogen (secondary N) is 1. The van der Waals surface area contributed by atoms with Crippen LogP contribution < -0.4 is 14.8 Å². The third-order valence-electron chi connectivity index (χ3n) is 3.89. The number of amides is 1. The van der Waals surface area contributed by atoms with Gasteiger partial charge in [-0.05, 0) is 31.3 Å². The van der Waals surface area contributed by atoms with Gasteiger partial charge in [0, 0.05) is 17.8 Å². The van der Waals surface area contributed by atoms with Crippen LogP contribution in [0.4, 0.5) is 18.9 Å². The second kappa shape index (κ2) is 9.16. The monoisotopic (exact) mass is 416 g/mol. The predicted octanol–water partition coefficient (Wildman–Crippen LogP) is 4.45. The van der Waals surface area contributed by atoms with Crippen molar-refractivity contribution in [3.8, 4) is 11.5 Å². The highest BCUT2D eigenvalue weighted by Gasteiger charge is 2.33. The first-order valence-electron chi connectivity index (χ1n) is 8.20. The third kappa shape index (κ3) is 5.53. The van der Waals surface area contributed by atoms with Crippen molar-refractivity contribution in [1.82, 2.24) is 4.90 Å². The maximum absolute atomic E-state index is 12.9. The molecule has 0 aliphatic carbocycles. The molecule has 152 valence electrons. The summed E-state index contributed by atoms with van der Waals surface area (Å²) in [6.45, 7) is 0.340. The van der Waals surface area contributed by atoms with E-state index in [0.717, 1.165) is 17.7 Å². The van der Waals surface area contributed by atoms with E-state index in [1.807, 2.05) is 6.07 Å². The highest BCUT2D eigenvalue weighted by Crippen LogP contribution is 2.36. The molecule has 9 heteroatoms. The summed E-state index contributed by atoms with van der Waals surface area (Å²) < 4.78 is 49.4. The molecule has 0 saturated carbocycles. The Labute approximate surface area is 166 Å². The van der Waals surface area contributed by atoms with Crippen LogP contribution in [0.2, 0.25) is 5.02 Å². The molecule has 2 aromatic rings. The Morgan fingerprint density at radius 3 is 2.50 bits per heavy atom. The van der Waals surface area contributed by atoms with Crippen LogP contribution in [-0.4, -0.2) is 38.6 Å². The molecular formula is C19H20ClF3N2O3. The number of ether oxygens (including phenoxy) is 2. The molecule has 0 spiro atoms. The van der Waals surface area contributed by atoms with E-state index >= 15 is 0 Å². The number of benzene rings is 2. The number of alkyl halides is 3. The van der Waals surface area contributed by atoms with E-state index in [0.29, 0.717) is 18.0 Å². The zero-order chi connectivity index (χ0) is 20.9. The Hall–Kier alpha value is -2.45. The van der Waals surface area contributed by atoms with Crippen LogP contribution in [-0.2, 0) is 17.5 Å². The Bertz CT molecular complexity index is 844. The molecule has 2 aromatic carbocycles. The van der Waals surface area contributed by atoms with Crippen molar-refractivity contribution in [2.24, 2.45) is 0 Å². The van der Waals surface area contributed by atoms with Gasteiger partial charge in [0.25, 0.3) is 0 Å². The average Bonchev–Trinajstić information content (AvgIpc) is 2.61. The lowest BCUT2D eigenvalue weighted by Crippen LogP contribution is -2.30. The number of likely N-dealkylation sites (N-methyl/N-ethyl adjacent to an activating group) is 1. The minimum atomic E-state index is -4.60. The highest BCUT2D eigenvalue weighted by atomic mass is 35.5. The lowest BCUT2D eigenvalue weighted by atomic mass is 10.1. The smallest absolute Gasteiger partial charge is 0.417 e. The SMILES string of the molecule is COc1cccc(CN(C)CC(=O)Nc2ccc(Cl)c(C(F)(F)F)c2)c1OC. The standard InChI is InChI=1S/C19H20ClF3N2O3/c1-25(10-12-5-4-6-16(27-2)18(12)28-3)11-17(26)24-13-7-8-15(20)14(9-13)19(21,22)23/h4-9H,10-11H2,1-3H3,(H,24,26).